The maximum Gasteiger partial charge on any atom is 0.220 e. The van der Waals surface area contributed by atoms with Gasteiger partial charge in [-0.05, 0) is 43.4 Å². The fraction of sp³-hybridized carbons (Fsp3) is 0.600. The lowest BCUT2D eigenvalue weighted by molar-refractivity contribution is -0.123. The van der Waals surface area contributed by atoms with Crippen molar-refractivity contribution in [3.63, 3.8) is 0 Å². The predicted molar refractivity (Wildman–Crippen MR) is 100 cm³/mol. The normalized spacial score (nSPS) is 20.2. The van der Waals surface area contributed by atoms with Crippen molar-refractivity contribution in [3.8, 4) is 5.75 Å². The van der Waals surface area contributed by atoms with Crippen LogP contribution in [0.3, 0.4) is 0 Å². The molecule has 0 spiro atoms. The SMILES string of the molecule is CC[C@@H](COC)NC(=O)CC[C@]1(Cc2ccc(F)c(OC)c2)CCC(=O)N1. The maximum absolute atomic E-state index is 13.7. The number of carbonyl (C=O) groups excluding carboxylic acids is 2. The van der Waals surface area contributed by atoms with Crippen LogP contribution in [0, 0.1) is 5.82 Å². The van der Waals surface area contributed by atoms with Gasteiger partial charge in [0.2, 0.25) is 11.8 Å². The van der Waals surface area contributed by atoms with Gasteiger partial charge in [-0.2, -0.15) is 0 Å². The Morgan fingerprint density at radius 1 is 1.41 bits per heavy atom. The number of amides is 2. The Kier molecular flexibility index (Phi) is 7.59. The van der Waals surface area contributed by atoms with Gasteiger partial charge < -0.3 is 20.1 Å². The van der Waals surface area contributed by atoms with E-state index in [1.54, 1.807) is 19.2 Å². The summed E-state index contributed by atoms with van der Waals surface area (Å²) in [6, 6.07) is 4.68. The lowest BCUT2D eigenvalue weighted by Gasteiger charge is -2.30. The number of rotatable bonds is 10. The molecule has 1 saturated heterocycles. The fourth-order valence-corrected chi connectivity index (χ4v) is 3.50. The smallest absolute Gasteiger partial charge is 0.220 e. The minimum atomic E-state index is -0.500. The summed E-state index contributed by atoms with van der Waals surface area (Å²) in [5.41, 5.74) is 0.363. The zero-order valence-electron chi connectivity index (χ0n) is 16.3. The molecule has 150 valence electrons. The molecule has 0 bridgehead atoms. The number of carbonyl (C=O) groups is 2. The number of methoxy groups -OCH3 is 2. The number of benzene rings is 1. The lowest BCUT2D eigenvalue weighted by atomic mass is 9.85. The van der Waals surface area contributed by atoms with Crippen molar-refractivity contribution in [1.29, 1.82) is 0 Å². The highest BCUT2D eigenvalue weighted by Crippen LogP contribution is 2.31. The van der Waals surface area contributed by atoms with Crippen molar-refractivity contribution in [2.45, 2.75) is 57.0 Å². The quantitative estimate of drug-likeness (QED) is 0.653. The summed E-state index contributed by atoms with van der Waals surface area (Å²) in [4.78, 5) is 24.2. The first-order valence-corrected chi connectivity index (χ1v) is 9.33. The van der Waals surface area contributed by atoms with Crippen LogP contribution in [-0.4, -0.2) is 44.2 Å². The number of ether oxygens (including phenoxy) is 2. The van der Waals surface area contributed by atoms with Crippen LogP contribution in [-0.2, 0) is 20.7 Å². The molecule has 1 fully saturated rings. The molecule has 7 heteroatoms. The van der Waals surface area contributed by atoms with E-state index in [2.05, 4.69) is 10.6 Å². The summed E-state index contributed by atoms with van der Waals surface area (Å²) in [7, 11) is 3.03. The van der Waals surface area contributed by atoms with Gasteiger partial charge in [0.25, 0.3) is 0 Å². The Hall–Kier alpha value is -2.15. The van der Waals surface area contributed by atoms with Crippen LogP contribution >= 0.6 is 0 Å². The van der Waals surface area contributed by atoms with E-state index in [9.17, 15) is 14.0 Å². The van der Waals surface area contributed by atoms with Gasteiger partial charge in [-0.1, -0.05) is 13.0 Å². The second kappa shape index (κ2) is 9.69. The van der Waals surface area contributed by atoms with Crippen molar-refractivity contribution >= 4 is 11.8 Å². The Bertz CT molecular complexity index is 667. The van der Waals surface area contributed by atoms with Gasteiger partial charge in [0.1, 0.15) is 0 Å². The summed E-state index contributed by atoms with van der Waals surface area (Å²) in [6.07, 6.45) is 3.22. The van der Waals surface area contributed by atoms with Crippen molar-refractivity contribution in [2.24, 2.45) is 0 Å². The molecular weight excluding hydrogens is 351 g/mol. The van der Waals surface area contributed by atoms with E-state index in [0.29, 0.717) is 38.7 Å². The first-order valence-electron chi connectivity index (χ1n) is 9.33. The van der Waals surface area contributed by atoms with Crippen LogP contribution in [0.25, 0.3) is 0 Å². The first kappa shape index (κ1) is 21.2. The monoisotopic (exact) mass is 380 g/mol. The average molecular weight is 380 g/mol. The third-order valence-electron chi connectivity index (χ3n) is 5.05. The van der Waals surface area contributed by atoms with Crippen molar-refractivity contribution < 1.29 is 23.5 Å². The van der Waals surface area contributed by atoms with E-state index in [0.717, 1.165) is 12.0 Å². The molecule has 0 radical (unpaired) electrons. The molecule has 27 heavy (non-hydrogen) atoms. The highest BCUT2D eigenvalue weighted by atomic mass is 19.1. The molecule has 0 unspecified atom stereocenters. The second-order valence-electron chi connectivity index (χ2n) is 7.10. The fourth-order valence-electron chi connectivity index (χ4n) is 3.50. The molecule has 1 aliphatic rings. The Balaban J connectivity index is 2.04. The molecule has 2 atom stereocenters. The molecular formula is C20H29FN2O4. The Labute approximate surface area is 159 Å². The van der Waals surface area contributed by atoms with Gasteiger partial charge in [-0.15, -0.1) is 0 Å². The minimum Gasteiger partial charge on any atom is -0.494 e. The van der Waals surface area contributed by atoms with Crippen LogP contribution in [0.15, 0.2) is 18.2 Å². The van der Waals surface area contributed by atoms with Gasteiger partial charge in [0.15, 0.2) is 11.6 Å². The summed E-state index contributed by atoms with van der Waals surface area (Å²) in [5.74, 6) is -0.324. The Morgan fingerprint density at radius 2 is 2.19 bits per heavy atom. The van der Waals surface area contributed by atoms with Gasteiger partial charge in [-0.3, -0.25) is 9.59 Å². The van der Waals surface area contributed by atoms with Crippen LogP contribution in [0.2, 0.25) is 0 Å². The molecule has 2 amide bonds. The van der Waals surface area contributed by atoms with Gasteiger partial charge in [0, 0.05) is 25.5 Å². The number of nitrogens with one attached hydrogen (secondary N) is 2. The maximum atomic E-state index is 13.7. The van der Waals surface area contributed by atoms with Gasteiger partial charge in [0.05, 0.1) is 19.8 Å². The molecule has 0 saturated carbocycles. The van der Waals surface area contributed by atoms with Crippen molar-refractivity contribution in [2.75, 3.05) is 20.8 Å². The van der Waals surface area contributed by atoms with Crippen molar-refractivity contribution in [1.82, 2.24) is 10.6 Å². The van der Waals surface area contributed by atoms with Crippen LogP contribution in [0.1, 0.15) is 44.6 Å². The minimum absolute atomic E-state index is 0.0158. The zero-order chi connectivity index (χ0) is 19.9. The molecule has 1 heterocycles. The summed E-state index contributed by atoms with van der Waals surface area (Å²) in [6.45, 7) is 2.46. The van der Waals surface area contributed by atoms with Crippen LogP contribution < -0.4 is 15.4 Å². The lowest BCUT2D eigenvalue weighted by Crippen LogP contribution is -2.45. The average Bonchev–Trinajstić information content (AvgIpc) is 3.02. The summed E-state index contributed by atoms with van der Waals surface area (Å²) < 4.78 is 23.8. The molecule has 2 rings (SSSR count). The second-order valence-corrected chi connectivity index (χ2v) is 7.10. The van der Waals surface area contributed by atoms with Crippen LogP contribution in [0.4, 0.5) is 4.39 Å². The highest BCUT2D eigenvalue weighted by molar-refractivity contribution is 5.80. The van der Waals surface area contributed by atoms with E-state index in [1.807, 2.05) is 6.92 Å². The zero-order valence-corrected chi connectivity index (χ0v) is 16.3. The molecule has 1 aromatic carbocycles. The predicted octanol–water partition coefficient (Wildman–Crippen LogP) is 2.35. The van der Waals surface area contributed by atoms with E-state index in [1.165, 1.54) is 13.2 Å². The standard InChI is InChI=1S/C20H29FN2O4/c1-4-15(13-26-2)22-18(24)7-9-20(10-8-19(25)23-20)12-14-5-6-16(21)17(11-14)27-3/h5-6,11,15H,4,7-10,12-13H2,1-3H3,(H,22,24)(H,23,25)/t15-,20+/m0/s1. The molecule has 1 aromatic rings. The summed E-state index contributed by atoms with van der Waals surface area (Å²) >= 11 is 0. The third-order valence-corrected chi connectivity index (χ3v) is 5.05. The number of hydrogen-bond acceptors (Lipinski definition) is 4. The molecule has 0 aromatic heterocycles. The highest BCUT2D eigenvalue weighted by Gasteiger charge is 2.38. The number of halogens is 1. The van der Waals surface area contributed by atoms with Gasteiger partial charge in [-0.25, -0.2) is 4.39 Å². The van der Waals surface area contributed by atoms with E-state index in [4.69, 9.17) is 9.47 Å². The molecule has 1 aliphatic heterocycles. The van der Waals surface area contributed by atoms with Crippen LogP contribution in [0.5, 0.6) is 5.75 Å². The first-order chi connectivity index (χ1) is 12.9. The molecule has 0 aliphatic carbocycles. The molecule has 2 N–H and O–H groups in total. The van der Waals surface area contributed by atoms with Gasteiger partial charge >= 0.3 is 0 Å². The molecule has 6 nitrogen and oxygen atoms in total. The van der Waals surface area contributed by atoms with E-state index >= 15 is 0 Å². The number of hydrogen-bond donors (Lipinski definition) is 2. The third kappa shape index (κ3) is 5.92. The van der Waals surface area contributed by atoms with E-state index in [-0.39, 0.29) is 23.6 Å². The van der Waals surface area contributed by atoms with Crippen molar-refractivity contribution in [3.05, 3.63) is 29.6 Å². The largest absolute Gasteiger partial charge is 0.494 e. The topological polar surface area (TPSA) is 76.7 Å². The van der Waals surface area contributed by atoms with E-state index < -0.39 is 11.4 Å². The Morgan fingerprint density at radius 3 is 2.78 bits per heavy atom. The summed E-state index contributed by atoms with van der Waals surface area (Å²) in [5, 5.41) is 6.00.